The van der Waals surface area contributed by atoms with Crippen LogP contribution in [-0.4, -0.2) is 12.7 Å². The van der Waals surface area contributed by atoms with Crippen molar-refractivity contribution in [3.05, 3.63) is 0 Å². The Kier molecular flexibility index (Phi) is 4.10. The smallest absolute Gasteiger partial charge is 0.0655 e. The van der Waals surface area contributed by atoms with Gasteiger partial charge in [-0.05, 0) is 32.1 Å². The SMILES string of the molecule is CCCOC1CCC(C#N)CC1. The lowest BCUT2D eigenvalue weighted by Crippen LogP contribution is -2.21. The van der Waals surface area contributed by atoms with Crippen LogP contribution in [0.1, 0.15) is 39.0 Å². The van der Waals surface area contributed by atoms with Crippen molar-refractivity contribution in [1.82, 2.24) is 0 Å². The number of hydrogen-bond donors (Lipinski definition) is 0. The van der Waals surface area contributed by atoms with Gasteiger partial charge in [0.15, 0.2) is 0 Å². The third kappa shape index (κ3) is 2.83. The summed E-state index contributed by atoms with van der Waals surface area (Å²) in [5, 5.41) is 8.66. The summed E-state index contributed by atoms with van der Waals surface area (Å²) in [6.07, 6.45) is 5.76. The minimum atomic E-state index is 0.298. The van der Waals surface area contributed by atoms with Crippen LogP contribution in [0.2, 0.25) is 0 Å². The fourth-order valence-electron chi connectivity index (χ4n) is 1.64. The second-order valence-electron chi connectivity index (χ2n) is 3.47. The molecule has 0 radical (unpaired) electrons. The fraction of sp³-hybridized carbons (Fsp3) is 0.900. The molecule has 12 heavy (non-hydrogen) atoms. The molecule has 1 aliphatic carbocycles. The fourth-order valence-corrected chi connectivity index (χ4v) is 1.64. The maximum Gasteiger partial charge on any atom is 0.0655 e. The van der Waals surface area contributed by atoms with E-state index in [1.807, 2.05) is 0 Å². The molecule has 2 nitrogen and oxygen atoms in total. The largest absolute Gasteiger partial charge is 0.378 e. The summed E-state index contributed by atoms with van der Waals surface area (Å²) in [6, 6.07) is 2.32. The Balaban J connectivity index is 2.14. The van der Waals surface area contributed by atoms with Crippen LogP contribution < -0.4 is 0 Å². The summed E-state index contributed by atoms with van der Waals surface area (Å²) in [6.45, 7) is 3.00. The van der Waals surface area contributed by atoms with Crippen LogP contribution in [-0.2, 0) is 4.74 Å². The Labute approximate surface area is 74.5 Å². The Hall–Kier alpha value is -0.550. The minimum absolute atomic E-state index is 0.298. The molecule has 2 heteroatoms. The van der Waals surface area contributed by atoms with Gasteiger partial charge in [-0.15, -0.1) is 0 Å². The first-order chi connectivity index (χ1) is 5.86. The van der Waals surface area contributed by atoms with Gasteiger partial charge in [-0.3, -0.25) is 0 Å². The van der Waals surface area contributed by atoms with Gasteiger partial charge in [0.2, 0.25) is 0 Å². The molecule has 68 valence electrons. The van der Waals surface area contributed by atoms with Crippen molar-refractivity contribution in [2.75, 3.05) is 6.61 Å². The van der Waals surface area contributed by atoms with Crippen molar-refractivity contribution in [2.45, 2.75) is 45.1 Å². The van der Waals surface area contributed by atoms with Gasteiger partial charge in [0.1, 0.15) is 0 Å². The lowest BCUT2D eigenvalue weighted by atomic mass is 9.88. The molecule has 0 atom stereocenters. The molecule has 1 rings (SSSR count). The Morgan fingerprint density at radius 1 is 1.33 bits per heavy atom. The van der Waals surface area contributed by atoms with Crippen molar-refractivity contribution in [3.8, 4) is 6.07 Å². The molecular formula is C10H17NO. The maximum atomic E-state index is 8.66. The molecule has 0 aliphatic heterocycles. The lowest BCUT2D eigenvalue weighted by molar-refractivity contribution is 0.0233. The van der Waals surface area contributed by atoms with E-state index in [1.54, 1.807) is 0 Å². The quantitative estimate of drug-likeness (QED) is 0.647. The van der Waals surface area contributed by atoms with Crippen LogP contribution in [0.4, 0.5) is 0 Å². The predicted octanol–water partition coefficient (Wildman–Crippen LogP) is 2.50. The van der Waals surface area contributed by atoms with Gasteiger partial charge in [0.05, 0.1) is 12.2 Å². The average molecular weight is 167 g/mol. The van der Waals surface area contributed by atoms with Gasteiger partial charge in [-0.2, -0.15) is 5.26 Å². The zero-order chi connectivity index (χ0) is 8.81. The van der Waals surface area contributed by atoms with E-state index in [9.17, 15) is 0 Å². The molecule has 0 aromatic heterocycles. The Morgan fingerprint density at radius 3 is 2.50 bits per heavy atom. The maximum absolute atomic E-state index is 8.66. The second kappa shape index (κ2) is 5.16. The van der Waals surface area contributed by atoms with Gasteiger partial charge in [0, 0.05) is 12.5 Å². The third-order valence-corrected chi connectivity index (χ3v) is 2.41. The zero-order valence-corrected chi connectivity index (χ0v) is 7.75. The summed E-state index contributed by atoms with van der Waals surface area (Å²) in [7, 11) is 0. The van der Waals surface area contributed by atoms with Crippen LogP contribution in [0.3, 0.4) is 0 Å². The zero-order valence-electron chi connectivity index (χ0n) is 7.75. The third-order valence-electron chi connectivity index (χ3n) is 2.41. The highest BCUT2D eigenvalue weighted by Gasteiger charge is 2.20. The molecule has 0 aromatic carbocycles. The summed E-state index contributed by atoms with van der Waals surface area (Å²) in [5.41, 5.74) is 0. The molecule has 1 aliphatic rings. The van der Waals surface area contributed by atoms with E-state index in [0.29, 0.717) is 12.0 Å². The van der Waals surface area contributed by atoms with Gasteiger partial charge in [0.25, 0.3) is 0 Å². The number of hydrogen-bond acceptors (Lipinski definition) is 2. The van der Waals surface area contributed by atoms with E-state index >= 15 is 0 Å². The molecular weight excluding hydrogens is 150 g/mol. The van der Waals surface area contributed by atoms with Crippen LogP contribution >= 0.6 is 0 Å². The van der Waals surface area contributed by atoms with E-state index in [4.69, 9.17) is 10.00 Å². The highest BCUT2D eigenvalue weighted by atomic mass is 16.5. The molecule has 0 N–H and O–H groups in total. The van der Waals surface area contributed by atoms with Gasteiger partial charge >= 0.3 is 0 Å². The van der Waals surface area contributed by atoms with Crippen molar-refractivity contribution >= 4 is 0 Å². The van der Waals surface area contributed by atoms with E-state index < -0.39 is 0 Å². The highest BCUT2D eigenvalue weighted by Crippen LogP contribution is 2.25. The normalized spacial score (nSPS) is 29.7. The molecule has 0 bridgehead atoms. The summed E-state index contributed by atoms with van der Waals surface area (Å²) in [4.78, 5) is 0. The first-order valence-electron chi connectivity index (χ1n) is 4.88. The van der Waals surface area contributed by atoms with Gasteiger partial charge in [-0.1, -0.05) is 6.92 Å². The lowest BCUT2D eigenvalue weighted by Gasteiger charge is -2.24. The Morgan fingerprint density at radius 2 is 2.00 bits per heavy atom. The topological polar surface area (TPSA) is 33.0 Å². The van der Waals surface area contributed by atoms with E-state index in [-0.39, 0.29) is 0 Å². The van der Waals surface area contributed by atoms with Crippen LogP contribution in [0, 0.1) is 17.2 Å². The number of nitriles is 1. The molecule has 0 unspecified atom stereocenters. The summed E-state index contributed by atoms with van der Waals surface area (Å²) >= 11 is 0. The van der Waals surface area contributed by atoms with Crippen LogP contribution in [0.5, 0.6) is 0 Å². The standard InChI is InChI=1S/C10H17NO/c1-2-7-12-10-5-3-9(8-11)4-6-10/h9-10H,2-7H2,1H3. The van der Waals surface area contributed by atoms with Crippen molar-refractivity contribution in [1.29, 1.82) is 5.26 Å². The second-order valence-corrected chi connectivity index (χ2v) is 3.47. The Bertz CT molecular complexity index is 154. The molecule has 1 saturated carbocycles. The number of nitrogens with zero attached hydrogens (tertiary/aromatic N) is 1. The van der Waals surface area contributed by atoms with Crippen molar-refractivity contribution in [3.63, 3.8) is 0 Å². The molecule has 0 amide bonds. The monoisotopic (exact) mass is 167 g/mol. The minimum Gasteiger partial charge on any atom is -0.378 e. The van der Waals surface area contributed by atoms with E-state index in [1.165, 1.54) is 0 Å². The van der Waals surface area contributed by atoms with Gasteiger partial charge in [-0.25, -0.2) is 0 Å². The van der Waals surface area contributed by atoms with Gasteiger partial charge < -0.3 is 4.74 Å². The molecule has 0 spiro atoms. The highest BCUT2D eigenvalue weighted by molar-refractivity contribution is 4.87. The van der Waals surface area contributed by atoms with Crippen LogP contribution in [0.25, 0.3) is 0 Å². The van der Waals surface area contributed by atoms with Crippen molar-refractivity contribution < 1.29 is 4.74 Å². The van der Waals surface area contributed by atoms with Crippen molar-refractivity contribution in [2.24, 2.45) is 5.92 Å². The molecule has 0 aromatic rings. The first kappa shape index (κ1) is 9.54. The average Bonchev–Trinajstić information content (AvgIpc) is 2.15. The molecule has 0 heterocycles. The predicted molar refractivity (Wildman–Crippen MR) is 47.6 cm³/mol. The summed E-state index contributed by atoms with van der Waals surface area (Å²) < 4.78 is 5.62. The first-order valence-corrected chi connectivity index (χ1v) is 4.88. The van der Waals surface area contributed by atoms with Crippen LogP contribution in [0.15, 0.2) is 0 Å². The van der Waals surface area contributed by atoms with E-state index in [0.717, 1.165) is 38.7 Å². The number of rotatable bonds is 3. The molecule has 1 fully saturated rings. The summed E-state index contributed by atoms with van der Waals surface area (Å²) in [5.74, 6) is 0.298. The molecule has 0 saturated heterocycles. The number of ether oxygens (including phenoxy) is 1. The van der Waals surface area contributed by atoms with E-state index in [2.05, 4.69) is 13.0 Å².